The van der Waals surface area contributed by atoms with Crippen LogP contribution in [0, 0.1) is 12.8 Å². The monoisotopic (exact) mass is 273 g/mol. The van der Waals surface area contributed by atoms with Crippen molar-refractivity contribution >= 4 is 5.69 Å². The number of allylic oxidation sites excluding steroid dienone is 4. The quantitative estimate of drug-likeness (QED) is 0.656. The van der Waals surface area contributed by atoms with E-state index in [-0.39, 0.29) is 5.75 Å². The lowest BCUT2D eigenvalue weighted by Crippen LogP contribution is -2.45. The predicted molar refractivity (Wildman–Crippen MR) is 82.9 cm³/mol. The van der Waals surface area contributed by atoms with Gasteiger partial charge in [-0.2, -0.15) is 0 Å². The van der Waals surface area contributed by atoms with Crippen LogP contribution < -0.4 is 10.9 Å². The van der Waals surface area contributed by atoms with E-state index in [1.54, 1.807) is 16.2 Å². The van der Waals surface area contributed by atoms with Crippen molar-refractivity contribution in [2.45, 2.75) is 27.2 Å². The van der Waals surface area contributed by atoms with Gasteiger partial charge in [0.2, 0.25) is 0 Å². The van der Waals surface area contributed by atoms with Gasteiger partial charge in [-0.05, 0) is 49.5 Å². The van der Waals surface area contributed by atoms with Gasteiger partial charge >= 0.3 is 0 Å². The molecule has 108 valence electrons. The number of nitrogens with zero attached hydrogens (tertiary/aromatic N) is 2. The van der Waals surface area contributed by atoms with Crippen molar-refractivity contribution in [1.29, 1.82) is 0 Å². The summed E-state index contributed by atoms with van der Waals surface area (Å²) in [7, 11) is 1.86. The zero-order valence-electron chi connectivity index (χ0n) is 12.6. The summed E-state index contributed by atoms with van der Waals surface area (Å²) in [5.41, 5.74) is 4.02. The third-order valence-corrected chi connectivity index (χ3v) is 3.72. The first-order valence-corrected chi connectivity index (χ1v) is 6.86. The maximum atomic E-state index is 10.0. The van der Waals surface area contributed by atoms with Gasteiger partial charge in [-0.3, -0.25) is 5.01 Å². The van der Waals surface area contributed by atoms with Crippen molar-refractivity contribution < 1.29 is 5.11 Å². The van der Waals surface area contributed by atoms with Crippen LogP contribution in [0.4, 0.5) is 5.69 Å². The molecule has 0 fully saturated rings. The number of phenols is 1. The molecule has 0 radical (unpaired) electrons. The Labute approximate surface area is 120 Å². The lowest BCUT2D eigenvalue weighted by molar-refractivity contribution is 0.317. The fourth-order valence-corrected chi connectivity index (χ4v) is 2.40. The smallest absolute Gasteiger partial charge is 0.140 e. The Morgan fingerprint density at radius 2 is 2.00 bits per heavy atom. The summed E-state index contributed by atoms with van der Waals surface area (Å²) in [6.07, 6.45) is 5.19. The van der Waals surface area contributed by atoms with Gasteiger partial charge < -0.3 is 5.11 Å². The highest BCUT2D eigenvalue weighted by molar-refractivity contribution is 5.58. The van der Waals surface area contributed by atoms with Crippen molar-refractivity contribution in [3.63, 3.8) is 0 Å². The normalized spacial score (nSPS) is 18.4. The Kier molecular flexibility index (Phi) is 4.04. The van der Waals surface area contributed by atoms with E-state index in [1.807, 2.05) is 26.1 Å². The van der Waals surface area contributed by atoms with E-state index >= 15 is 0 Å². The Balaban J connectivity index is 2.31. The summed E-state index contributed by atoms with van der Waals surface area (Å²) < 4.78 is 0. The van der Waals surface area contributed by atoms with E-state index in [9.17, 15) is 5.11 Å². The number of phenolic OH excluding ortho intramolecular Hbond substituents is 1. The lowest BCUT2D eigenvalue weighted by Gasteiger charge is -2.36. The number of hydrogen-bond donors (Lipinski definition) is 2. The summed E-state index contributed by atoms with van der Waals surface area (Å²) in [6.45, 7) is 6.22. The van der Waals surface area contributed by atoms with Crippen LogP contribution in [0.2, 0.25) is 0 Å². The maximum Gasteiger partial charge on any atom is 0.140 e. The van der Waals surface area contributed by atoms with Crippen LogP contribution in [0.15, 0.2) is 41.6 Å². The summed E-state index contributed by atoms with van der Waals surface area (Å²) in [6, 6.07) is 5.50. The minimum absolute atomic E-state index is 0.228. The second-order valence-electron chi connectivity index (χ2n) is 5.53. The van der Waals surface area contributed by atoms with E-state index in [0.29, 0.717) is 11.6 Å². The minimum atomic E-state index is 0.228. The van der Waals surface area contributed by atoms with E-state index in [0.717, 1.165) is 23.3 Å². The molecule has 0 bridgehead atoms. The molecule has 20 heavy (non-hydrogen) atoms. The molecule has 0 aliphatic heterocycles. The van der Waals surface area contributed by atoms with Crippen LogP contribution >= 0.6 is 0 Å². The maximum absolute atomic E-state index is 10.0. The molecule has 0 aromatic heterocycles. The molecular formula is C16H23N3O. The van der Waals surface area contributed by atoms with E-state index in [2.05, 4.69) is 26.0 Å². The van der Waals surface area contributed by atoms with Gasteiger partial charge in [-0.25, -0.2) is 11.0 Å². The van der Waals surface area contributed by atoms with Crippen molar-refractivity contribution in [3.8, 4) is 5.75 Å². The second kappa shape index (κ2) is 5.59. The summed E-state index contributed by atoms with van der Waals surface area (Å²) in [5, 5.41) is 13.4. The lowest BCUT2D eigenvalue weighted by atomic mass is 9.96. The van der Waals surface area contributed by atoms with Crippen LogP contribution in [-0.2, 0) is 0 Å². The molecule has 1 aliphatic rings. The highest BCUT2D eigenvalue weighted by Crippen LogP contribution is 2.31. The molecule has 1 aliphatic carbocycles. The molecule has 1 aromatic rings. The van der Waals surface area contributed by atoms with E-state index in [4.69, 9.17) is 5.84 Å². The Bertz CT molecular complexity index is 563. The van der Waals surface area contributed by atoms with Crippen molar-refractivity contribution in [1.82, 2.24) is 5.12 Å². The molecule has 3 N–H and O–H groups in total. The zero-order chi connectivity index (χ0) is 14.9. The summed E-state index contributed by atoms with van der Waals surface area (Å²) in [5.74, 6) is 6.95. The number of nitrogens with two attached hydrogens (primary N) is 1. The molecule has 0 saturated carbocycles. The summed E-state index contributed by atoms with van der Waals surface area (Å²) in [4.78, 5) is 0. The van der Waals surface area contributed by atoms with Crippen LogP contribution in [0.5, 0.6) is 5.75 Å². The molecule has 4 nitrogen and oxygen atoms in total. The molecular weight excluding hydrogens is 250 g/mol. The van der Waals surface area contributed by atoms with Crippen molar-refractivity contribution in [2.24, 2.45) is 11.8 Å². The highest BCUT2D eigenvalue weighted by atomic mass is 16.3. The second-order valence-corrected chi connectivity index (χ2v) is 5.53. The number of anilines is 1. The van der Waals surface area contributed by atoms with Crippen LogP contribution in [-0.4, -0.2) is 17.3 Å². The van der Waals surface area contributed by atoms with Crippen LogP contribution in [0.25, 0.3) is 0 Å². The molecule has 0 heterocycles. The first-order valence-electron chi connectivity index (χ1n) is 6.86. The molecule has 4 heteroatoms. The minimum Gasteiger partial charge on any atom is -0.506 e. The van der Waals surface area contributed by atoms with Gasteiger partial charge in [0.1, 0.15) is 11.4 Å². The summed E-state index contributed by atoms with van der Waals surface area (Å²) >= 11 is 0. The average Bonchev–Trinajstić information content (AvgIpc) is 2.42. The standard InChI is InChI=1S/C16H23N3O/c1-11-5-7-13(3)14(9-11)19(17)18(4)15-10-12(2)6-8-16(15)20/h5-8,10-11,20H,9,17H2,1-4H3. The first kappa shape index (κ1) is 14.5. The number of hydrogen-bond acceptors (Lipinski definition) is 4. The van der Waals surface area contributed by atoms with Crippen molar-refractivity contribution in [3.05, 3.63) is 47.2 Å². The SMILES string of the molecule is CC1=C(N(N)N(C)c2cc(C)ccc2O)CC(C)C=C1. The number of rotatable bonds is 3. The van der Waals surface area contributed by atoms with Crippen molar-refractivity contribution in [2.75, 3.05) is 12.1 Å². The third-order valence-electron chi connectivity index (χ3n) is 3.72. The zero-order valence-corrected chi connectivity index (χ0v) is 12.6. The molecule has 1 aromatic carbocycles. The fourth-order valence-electron chi connectivity index (χ4n) is 2.40. The molecule has 1 atom stereocenters. The number of aromatic hydroxyl groups is 1. The first-order chi connectivity index (χ1) is 9.40. The largest absolute Gasteiger partial charge is 0.506 e. The topological polar surface area (TPSA) is 52.7 Å². The molecule has 0 saturated heterocycles. The Morgan fingerprint density at radius 1 is 1.30 bits per heavy atom. The number of aryl methyl sites for hydroxylation is 1. The van der Waals surface area contributed by atoms with Gasteiger partial charge in [0, 0.05) is 7.05 Å². The Morgan fingerprint density at radius 3 is 2.70 bits per heavy atom. The Hall–Kier alpha value is -1.94. The van der Waals surface area contributed by atoms with E-state index in [1.165, 1.54) is 0 Å². The fraction of sp³-hybridized carbons (Fsp3) is 0.375. The number of benzene rings is 1. The van der Waals surface area contributed by atoms with Gasteiger partial charge in [0.15, 0.2) is 0 Å². The highest BCUT2D eigenvalue weighted by Gasteiger charge is 2.20. The van der Waals surface area contributed by atoms with Crippen LogP contribution in [0.3, 0.4) is 0 Å². The molecule has 1 unspecified atom stereocenters. The van der Waals surface area contributed by atoms with Crippen LogP contribution in [0.1, 0.15) is 25.8 Å². The number of hydrazine groups is 2. The molecule has 2 rings (SSSR count). The van der Waals surface area contributed by atoms with Gasteiger partial charge in [0.05, 0.1) is 5.70 Å². The predicted octanol–water partition coefficient (Wildman–Crippen LogP) is 3.10. The third kappa shape index (κ3) is 2.80. The van der Waals surface area contributed by atoms with E-state index < -0.39 is 0 Å². The van der Waals surface area contributed by atoms with Gasteiger partial charge in [0.25, 0.3) is 0 Å². The molecule has 0 spiro atoms. The van der Waals surface area contributed by atoms with Gasteiger partial charge in [-0.1, -0.05) is 25.1 Å². The van der Waals surface area contributed by atoms with Gasteiger partial charge in [-0.15, -0.1) is 0 Å². The average molecular weight is 273 g/mol. The molecule has 0 amide bonds.